The monoisotopic (exact) mass is 958 g/mol. The maximum Gasteiger partial charge on any atom is 0.254 e. The average Bonchev–Trinajstić information content (AvgIpc) is 4.20. The number of piperidine rings is 1. The van der Waals surface area contributed by atoms with E-state index in [1.54, 1.807) is 14.2 Å². The number of benzene rings is 2. The minimum atomic E-state index is -0.0192. The fraction of sp³-hybridized carbons (Fsp3) is 0.444. The molecule has 2 amide bonds. The second kappa shape index (κ2) is 18.1. The van der Waals surface area contributed by atoms with E-state index in [9.17, 15) is 9.59 Å². The minimum absolute atomic E-state index is 0.0192. The lowest BCUT2D eigenvalue weighted by molar-refractivity contribution is 0.0176. The number of hydrogen-bond acceptors (Lipinski definition) is 11. The van der Waals surface area contributed by atoms with Crippen LogP contribution in [0, 0.1) is 11.8 Å². The van der Waals surface area contributed by atoms with Crippen LogP contribution in [0.25, 0.3) is 67.2 Å². The van der Waals surface area contributed by atoms with Gasteiger partial charge in [-0.1, -0.05) is 0 Å². The number of nitrogens with zero attached hydrogens (tertiary/aromatic N) is 10. The normalized spacial score (nSPS) is 21.3. The first-order valence-corrected chi connectivity index (χ1v) is 25.2. The number of nitrogens with one attached hydrogen (secondary N) is 1. The van der Waals surface area contributed by atoms with Gasteiger partial charge in [0.2, 0.25) is 5.88 Å². The van der Waals surface area contributed by atoms with Crippen molar-refractivity contribution in [3.63, 3.8) is 0 Å². The van der Waals surface area contributed by atoms with Gasteiger partial charge in [0.1, 0.15) is 22.6 Å². The van der Waals surface area contributed by atoms with Gasteiger partial charge in [0.05, 0.1) is 60.9 Å². The van der Waals surface area contributed by atoms with E-state index in [2.05, 4.69) is 59.8 Å². The molecule has 2 aromatic carbocycles. The van der Waals surface area contributed by atoms with Gasteiger partial charge in [-0.3, -0.25) is 9.59 Å². The number of carbonyl (C=O) groups excluding carboxylic acids is 2. The van der Waals surface area contributed by atoms with Gasteiger partial charge < -0.3 is 53.3 Å². The maximum atomic E-state index is 13.5. The highest BCUT2D eigenvalue weighted by atomic mass is 16.5. The van der Waals surface area contributed by atoms with E-state index >= 15 is 0 Å². The van der Waals surface area contributed by atoms with Crippen LogP contribution in [0.5, 0.6) is 11.6 Å². The Morgan fingerprint density at radius 1 is 0.746 bits per heavy atom. The SMILES string of the molecule is COc1cc(C(=O)N2CC3NCCOC3C2)cc2nc(-c3cc4cccnc4n3CC3CC3)n(C)c12.COc1ccc2cc(-c3nc4cc(C(=O)N5C[C@H](N)CC[C@@H]5C)ccc4n3C)n(CC3CC3)c2n1. The third-order valence-corrected chi connectivity index (χ3v) is 15.4. The van der Waals surface area contributed by atoms with Crippen LogP contribution < -0.4 is 20.5 Å². The van der Waals surface area contributed by atoms with Crippen molar-refractivity contribution in [3.8, 4) is 34.7 Å². The molecule has 71 heavy (non-hydrogen) atoms. The van der Waals surface area contributed by atoms with Crippen molar-refractivity contribution in [1.29, 1.82) is 0 Å². The number of morpholine rings is 1. The van der Waals surface area contributed by atoms with Crippen molar-refractivity contribution in [2.45, 2.75) is 82.8 Å². The number of carbonyl (C=O) groups is 2. The summed E-state index contributed by atoms with van der Waals surface area (Å²) in [5.74, 6) is 4.35. The molecular formula is C54H62N12O5. The van der Waals surface area contributed by atoms with Gasteiger partial charge >= 0.3 is 0 Å². The highest BCUT2D eigenvalue weighted by Crippen LogP contribution is 2.39. The van der Waals surface area contributed by atoms with Crippen molar-refractivity contribution < 1.29 is 23.8 Å². The number of likely N-dealkylation sites (tertiary alicyclic amines) is 2. The van der Waals surface area contributed by atoms with E-state index in [0.717, 1.165) is 99.6 Å². The highest BCUT2D eigenvalue weighted by molar-refractivity contribution is 6.01. The molecule has 2 saturated carbocycles. The molecule has 3 N–H and O–H groups in total. The first-order valence-electron chi connectivity index (χ1n) is 25.2. The zero-order valence-corrected chi connectivity index (χ0v) is 41.2. The molecule has 0 bridgehead atoms. The lowest BCUT2D eigenvalue weighted by Crippen LogP contribution is -2.50. The van der Waals surface area contributed by atoms with E-state index in [4.69, 9.17) is 34.9 Å². The number of imidazole rings is 2. The number of amides is 2. The van der Waals surface area contributed by atoms with Crippen LogP contribution in [0.4, 0.5) is 0 Å². The molecule has 5 fully saturated rings. The van der Waals surface area contributed by atoms with Crippen LogP contribution in [-0.4, -0.2) is 131 Å². The van der Waals surface area contributed by atoms with Crippen molar-refractivity contribution in [3.05, 3.63) is 84.1 Å². The van der Waals surface area contributed by atoms with Crippen molar-refractivity contribution in [1.82, 2.24) is 53.3 Å². The molecule has 6 aromatic heterocycles. The van der Waals surface area contributed by atoms with Gasteiger partial charge in [-0.15, -0.1) is 0 Å². The largest absolute Gasteiger partial charge is 0.494 e. The van der Waals surface area contributed by atoms with Gasteiger partial charge in [0, 0.05) is 99.6 Å². The lowest BCUT2D eigenvalue weighted by Gasteiger charge is -2.36. The summed E-state index contributed by atoms with van der Waals surface area (Å²) in [6.07, 6.45) is 8.80. The molecule has 17 heteroatoms. The fourth-order valence-corrected chi connectivity index (χ4v) is 11.1. The quantitative estimate of drug-likeness (QED) is 0.148. The number of rotatable bonds is 10. The molecule has 3 saturated heterocycles. The Morgan fingerprint density at radius 3 is 2.20 bits per heavy atom. The van der Waals surface area contributed by atoms with Crippen LogP contribution in [-0.2, 0) is 31.9 Å². The summed E-state index contributed by atoms with van der Waals surface area (Å²) in [7, 11) is 7.33. The zero-order chi connectivity index (χ0) is 48.7. The Hall–Kier alpha value is -6.82. The van der Waals surface area contributed by atoms with E-state index in [-0.39, 0.29) is 36.0 Å². The van der Waals surface area contributed by atoms with E-state index in [1.807, 2.05) is 72.6 Å². The highest BCUT2D eigenvalue weighted by Gasteiger charge is 2.38. The van der Waals surface area contributed by atoms with Crippen molar-refractivity contribution in [2.24, 2.45) is 31.7 Å². The molecule has 13 rings (SSSR count). The van der Waals surface area contributed by atoms with Crippen molar-refractivity contribution >= 4 is 55.9 Å². The molecule has 9 heterocycles. The van der Waals surface area contributed by atoms with E-state index < -0.39 is 0 Å². The van der Waals surface area contributed by atoms with Gasteiger partial charge in [0.25, 0.3) is 11.8 Å². The van der Waals surface area contributed by atoms with Crippen LogP contribution >= 0.6 is 0 Å². The predicted molar refractivity (Wildman–Crippen MR) is 273 cm³/mol. The second-order valence-corrected chi connectivity index (χ2v) is 20.4. The standard InChI is InChI=1S/C27H30N6O3.C27H32N6O2/c1-31-24-19(30-26(31)21-11-17-4-3-7-29-25(17)33(21)13-16-5-6-16)10-18(12-22(24)35-2)27(34)32-14-20-23(15-32)36-9-8-28-20;1-16-4-9-20(28)15-32(16)27(34)19-7-10-22-21(12-19)29-26(31(22)2)23-13-18-8-11-24(35-3)30-25(18)33(23)14-17-5-6-17/h3-4,7,10-12,16,20,23,28H,5-6,8-9,13-15H2,1-2H3;7-8,10-13,16-17,20H,4-6,9,14-15,28H2,1-3H3/t;16-,20+/m.0/s1. The number of fused-ring (bicyclic) bond motifs is 5. The second-order valence-electron chi connectivity index (χ2n) is 20.4. The van der Waals surface area contributed by atoms with Gasteiger partial charge in [0.15, 0.2) is 11.6 Å². The van der Waals surface area contributed by atoms with E-state index in [1.165, 1.54) is 25.7 Å². The number of methoxy groups -OCH3 is 2. The summed E-state index contributed by atoms with van der Waals surface area (Å²) >= 11 is 0. The minimum Gasteiger partial charge on any atom is -0.494 e. The molecule has 2 unspecified atom stereocenters. The molecule has 5 aliphatic rings. The van der Waals surface area contributed by atoms with Gasteiger partial charge in [-0.05, 0) is 118 Å². The van der Waals surface area contributed by atoms with Crippen molar-refractivity contribution in [2.75, 3.05) is 47.0 Å². The molecule has 8 aromatic rings. The Labute approximate surface area is 411 Å². The van der Waals surface area contributed by atoms with Gasteiger partial charge in [-0.25, -0.2) is 15.0 Å². The molecule has 0 spiro atoms. The Kier molecular flexibility index (Phi) is 11.6. The summed E-state index contributed by atoms with van der Waals surface area (Å²) in [5.41, 5.74) is 14.8. The number of aromatic nitrogens is 8. The molecule has 2 aliphatic carbocycles. The topological polar surface area (TPSA) is 178 Å². The molecule has 3 aliphatic heterocycles. The van der Waals surface area contributed by atoms with Crippen LogP contribution in [0.2, 0.25) is 0 Å². The Balaban J connectivity index is 0.000000146. The van der Waals surface area contributed by atoms with E-state index in [0.29, 0.717) is 60.8 Å². The molecule has 368 valence electrons. The molecule has 17 nitrogen and oxygen atoms in total. The fourth-order valence-electron chi connectivity index (χ4n) is 11.1. The predicted octanol–water partition coefficient (Wildman–Crippen LogP) is 6.78. The summed E-state index contributed by atoms with van der Waals surface area (Å²) in [6, 6.07) is 22.3. The summed E-state index contributed by atoms with van der Waals surface area (Å²) < 4.78 is 25.8. The number of hydrogen-bond donors (Lipinski definition) is 2. The smallest absolute Gasteiger partial charge is 0.254 e. The number of aryl methyl sites for hydroxylation is 2. The van der Waals surface area contributed by atoms with Crippen LogP contribution in [0.1, 0.15) is 66.2 Å². The average molecular weight is 959 g/mol. The summed E-state index contributed by atoms with van der Waals surface area (Å²) in [6.45, 7) is 7.31. The molecule has 0 radical (unpaired) electrons. The lowest BCUT2D eigenvalue weighted by atomic mass is 9.99. The zero-order valence-electron chi connectivity index (χ0n) is 41.2. The molecular weight excluding hydrogens is 897 g/mol. The third-order valence-electron chi connectivity index (χ3n) is 15.4. The first kappa shape index (κ1) is 45.3. The number of nitrogens with two attached hydrogens (primary N) is 1. The summed E-state index contributed by atoms with van der Waals surface area (Å²) in [5, 5.41) is 5.64. The molecule has 4 atom stereocenters. The summed E-state index contributed by atoms with van der Waals surface area (Å²) in [4.78, 5) is 50.1. The van der Waals surface area contributed by atoms with Crippen LogP contribution in [0.15, 0.2) is 72.9 Å². The number of ether oxygens (including phenoxy) is 3. The first-order chi connectivity index (χ1) is 34.5. The van der Waals surface area contributed by atoms with Crippen LogP contribution in [0.3, 0.4) is 0 Å². The third kappa shape index (κ3) is 8.36. The Morgan fingerprint density at radius 2 is 1.46 bits per heavy atom. The Bertz CT molecular complexity index is 3350. The number of pyridine rings is 2. The van der Waals surface area contributed by atoms with Gasteiger partial charge in [-0.2, -0.15) is 4.98 Å². The maximum absolute atomic E-state index is 13.5.